The molecule has 1 fully saturated rings. The lowest BCUT2D eigenvalue weighted by Crippen LogP contribution is -2.29. The van der Waals surface area contributed by atoms with Crippen LogP contribution >= 0.6 is 0 Å². The monoisotopic (exact) mass is 452 g/mol. The van der Waals surface area contributed by atoms with Gasteiger partial charge in [-0.3, -0.25) is 9.59 Å². The molecule has 1 saturated carbocycles. The number of hydrogen-bond donors (Lipinski definition) is 0. The van der Waals surface area contributed by atoms with E-state index in [-0.39, 0.29) is 23.8 Å². The Hall–Kier alpha value is -3.02. The number of ether oxygens (including phenoxy) is 4. The third-order valence-electron chi connectivity index (χ3n) is 6.16. The molecule has 0 heterocycles. The molecule has 0 radical (unpaired) electrons. The first kappa shape index (κ1) is 23.1. The highest BCUT2D eigenvalue weighted by Crippen LogP contribution is 2.48. The standard InChI is InChI=1S/C27H32O6/c1-26(2,3)15-23(29)33-27(13-14-27)16-32-24-20(10-12-22(30-4)25(24)31-5)17-7-6-8-19-18(17)9-11-21(19)28/h6-8,10,12H,9,11,13-16H2,1-5H3. The van der Waals surface area contributed by atoms with E-state index in [9.17, 15) is 9.59 Å². The van der Waals surface area contributed by atoms with Crippen molar-refractivity contribution in [3.63, 3.8) is 0 Å². The number of hydrogen-bond acceptors (Lipinski definition) is 6. The summed E-state index contributed by atoms with van der Waals surface area (Å²) < 4.78 is 23.3. The average Bonchev–Trinajstić information content (AvgIpc) is 3.42. The molecule has 0 aliphatic heterocycles. The number of ketones is 1. The Bertz CT molecular complexity index is 1070. The zero-order valence-electron chi connectivity index (χ0n) is 20.1. The molecule has 6 nitrogen and oxygen atoms in total. The van der Waals surface area contributed by atoms with Crippen LogP contribution in [0.2, 0.25) is 0 Å². The number of rotatable bonds is 8. The van der Waals surface area contributed by atoms with Gasteiger partial charge in [0.05, 0.1) is 20.6 Å². The smallest absolute Gasteiger partial charge is 0.306 e. The van der Waals surface area contributed by atoms with Gasteiger partial charge in [0, 0.05) is 17.5 Å². The Morgan fingerprint density at radius 2 is 1.67 bits per heavy atom. The van der Waals surface area contributed by atoms with Gasteiger partial charge in [0.2, 0.25) is 5.75 Å². The van der Waals surface area contributed by atoms with Crippen LogP contribution in [0.15, 0.2) is 30.3 Å². The first-order valence-corrected chi connectivity index (χ1v) is 11.4. The first-order valence-electron chi connectivity index (χ1n) is 11.4. The van der Waals surface area contributed by atoms with Crippen molar-refractivity contribution in [1.29, 1.82) is 0 Å². The van der Waals surface area contributed by atoms with Crippen molar-refractivity contribution >= 4 is 11.8 Å². The third kappa shape index (κ3) is 4.85. The molecule has 2 aromatic rings. The fourth-order valence-electron chi connectivity index (χ4n) is 4.33. The van der Waals surface area contributed by atoms with E-state index in [0.29, 0.717) is 36.5 Å². The highest BCUT2D eigenvalue weighted by atomic mass is 16.6. The lowest BCUT2D eigenvalue weighted by atomic mass is 9.92. The Kier molecular flexibility index (Phi) is 6.12. The molecule has 0 bridgehead atoms. The molecule has 0 spiro atoms. The van der Waals surface area contributed by atoms with Crippen LogP contribution in [-0.2, 0) is 16.0 Å². The van der Waals surface area contributed by atoms with Gasteiger partial charge in [-0.2, -0.15) is 0 Å². The van der Waals surface area contributed by atoms with Crippen molar-refractivity contribution < 1.29 is 28.5 Å². The van der Waals surface area contributed by atoms with Crippen LogP contribution in [0.4, 0.5) is 0 Å². The van der Waals surface area contributed by atoms with Gasteiger partial charge >= 0.3 is 5.97 Å². The van der Waals surface area contributed by atoms with Gasteiger partial charge in [-0.15, -0.1) is 0 Å². The van der Waals surface area contributed by atoms with Crippen LogP contribution < -0.4 is 14.2 Å². The van der Waals surface area contributed by atoms with Crippen molar-refractivity contribution in [2.24, 2.45) is 5.41 Å². The van der Waals surface area contributed by atoms with E-state index in [0.717, 1.165) is 35.1 Å². The van der Waals surface area contributed by atoms with Crippen molar-refractivity contribution in [1.82, 2.24) is 0 Å². The third-order valence-corrected chi connectivity index (χ3v) is 6.16. The van der Waals surface area contributed by atoms with Crippen LogP contribution in [0.5, 0.6) is 17.2 Å². The molecule has 4 rings (SSSR count). The summed E-state index contributed by atoms with van der Waals surface area (Å²) in [6.45, 7) is 6.27. The normalized spacial score (nSPS) is 16.2. The van der Waals surface area contributed by atoms with Gasteiger partial charge in [0.1, 0.15) is 12.2 Å². The van der Waals surface area contributed by atoms with Crippen LogP contribution in [-0.4, -0.2) is 38.2 Å². The van der Waals surface area contributed by atoms with Crippen LogP contribution in [0.3, 0.4) is 0 Å². The van der Waals surface area contributed by atoms with E-state index >= 15 is 0 Å². The molecular formula is C27H32O6. The van der Waals surface area contributed by atoms with Gasteiger partial charge in [-0.25, -0.2) is 0 Å². The van der Waals surface area contributed by atoms with Crippen LogP contribution in [0, 0.1) is 5.41 Å². The summed E-state index contributed by atoms with van der Waals surface area (Å²) in [5.74, 6) is 1.52. The second-order valence-corrected chi connectivity index (χ2v) is 10.1. The van der Waals surface area contributed by atoms with Crippen molar-refractivity contribution in [3.05, 3.63) is 41.5 Å². The van der Waals surface area contributed by atoms with Crippen molar-refractivity contribution in [3.8, 4) is 28.4 Å². The second kappa shape index (κ2) is 8.73. The van der Waals surface area contributed by atoms with E-state index in [1.807, 2.05) is 51.1 Å². The van der Waals surface area contributed by atoms with E-state index in [1.165, 1.54) is 0 Å². The summed E-state index contributed by atoms with van der Waals surface area (Å²) in [5.41, 5.74) is 2.82. The molecule has 0 amide bonds. The molecule has 0 atom stereocenters. The summed E-state index contributed by atoms with van der Waals surface area (Å²) in [5, 5.41) is 0. The molecule has 0 unspecified atom stereocenters. The van der Waals surface area contributed by atoms with E-state index in [1.54, 1.807) is 14.2 Å². The van der Waals surface area contributed by atoms with Gasteiger partial charge < -0.3 is 18.9 Å². The Balaban J connectivity index is 1.66. The lowest BCUT2D eigenvalue weighted by Gasteiger charge is -2.24. The summed E-state index contributed by atoms with van der Waals surface area (Å²) in [6.07, 6.45) is 3.10. The molecule has 0 N–H and O–H groups in total. The van der Waals surface area contributed by atoms with E-state index < -0.39 is 5.60 Å². The number of fused-ring (bicyclic) bond motifs is 1. The maximum absolute atomic E-state index is 12.4. The number of benzene rings is 2. The van der Waals surface area contributed by atoms with Gasteiger partial charge in [-0.1, -0.05) is 39.0 Å². The molecule has 2 aromatic carbocycles. The minimum atomic E-state index is -0.609. The number of esters is 1. The summed E-state index contributed by atoms with van der Waals surface area (Å²) in [6, 6.07) is 9.55. The van der Waals surface area contributed by atoms with Crippen LogP contribution in [0.1, 0.15) is 62.4 Å². The predicted molar refractivity (Wildman–Crippen MR) is 125 cm³/mol. The zero-order chi connectivity index (χ0) is 23.8. The Morgan fingerprint density at radius 3 is 2.30 bits per heavy atom. The minimum absolute atomic E-state index is 0.137. The van der Waals surface area contributed by atoms with Gasteiger partial charge in [-0.05, 0) is 47.9 Å². The molecule has 0 saturated heterocycles. The van der Waals surface area contributed by atoms with Gasteiger partial charge in [0.15, 0.2) is 17.3 Å². The lowest BCUT2D eigenvalue weighted by molar-refractivity contribution is -0.155. The number of carbonyl (C=O) groups excluding carboxylic acids is 2. The summed E-state index contributed by atoms with van der Waals surface area (Å²) >= 11 is 0. The highest BCUT2D eigenvalue weighted by molar-refractivity contribution is 6.02. The maximum Gasteiger partial charge on any atom is 0.306 e. The minimum Gasteiger partial charge on any atom is -0.493 e. The fourth-order valence-corrected chi connectivity index (χ4v) is 4.33. The van der Waals surface area contributed by atoms with Gasteiger partial charge in [0.25, 0.3) is 0 Å². The van der Waals surface area contributed by atoms with Crippen molar-refractivity contribution in [2.45, 2.75) is 58.5 Å². The van der Waals surface area contributed by atoms with Crippen molar-refractivity contribution in [2.75, 3.05) is 20.8 Å². The zero-order valence-corrected chi connectivity index (χ0v) is 20.1. The predicted octanol–water partition coefficient (Wildman–Crippen LogP) is 5.39. The molecule has 0 aromatic heterocycles. The largest absolute Gasteiger partial charge is 0.493 e. The maximum atomic E-state index is 12.4. The number of Topliss-reactive ketones (excluding diaryl/α,β-unsaturated/α-hetero) is 1. The molecule has 6 heteroatoms. The van der Waals surface area contributed by atoms with E-state index in [4.69, 9.17) is 18.9 Å². The molecule has 33 heavy (non-hydrogen) atoms. The van der Waals surface area contributed by atoms with E-state index in [2.05, 4.69) is 0 Å². The molecule has 2 aliphatic carbocycles. The fraction of sp³-hybridized carbons (Fsp3) is 0.481. The number of methoxy groups -OCH3 is 2. The van der Waals surface area contributed by atoms with Crippen LogP contribution in [0.25, 0.3) is 11.1 Å². The average molecular weight is 453 g/mol. The molecule has 2 aliphatic rings. The Morgan fingerprint density at radius 1 is 0.939 bits per heavy atom. The highest BCUT2D eigenvalue weighted by Gasteiger charge is 2.48. The SMILES string of the molecule is COc1ccc(-c2cccc3c2CCC3=O)c(OCC2(OC(=O)CC(C)(C)C)CC2)c1OC. The number of carbonyl (C=O) groups is 2. The Labute approximate surface area is 195 Å². The quantitative estimate of drug-likeness (QED) is 0.500. The first-order chi connectivity index (χ1) is 15.7. The summed E-state index contributed by atoms with van der Waals surface area (Å²) in [4.78, 5) is 24.7. The second-order valence-electron chi connectivity index (χ2n) is 10.1. The molecular weight excluding hydrogens is 420 g/mol. The molecule has 176 valence electrons. The topological polar surface area (TPSA) is 71.1 Å². The summed E-state index contributed by atoms with van der Waals surface area (Å²) in [7, 11) is 3.15.